The number of anilines is 1. The van der Waals surface area contributed by atoms with Gasteiger partial charge in [-0.2, -0.15) is 0 Å². The normalized spacial score (nSPS) is 11.2. The van der Waals surface area contributed by atoms with Crippen molar-refractivity contribution in [1.29, 1.82) is 0 Å². The largest absolute Gasteiger partial charge is 0.497 e. The average molecular weight is 436 g/mol. The number of benzene rings is 2. The summed E-state index contributed by atoms with van der Waals surface area (Å²) in [6, 6.07) is 14.7. The Balaban J connectivity index is 0.00000450. The van der Waals surface area contributed by atoms with Crippen LogP contribution in [0.2, 0.25) is 0 Å². The van der Waals surface area contributed by atoms with Gasteiger partial charge in [-0.25, -0.2) is 0 Å². The van der Waals surface area contributed by atoms with Crippen LogP contribution in [0.25, 0.3) is 0 Å². The van der Waals surface area contributed by atoms with E-state index in [4.69, 9.17) is 15.2 Å². The Hall–Kier alpha value is -2.61. The van der Waals surface area contributed by atoms with Crippen LogP contribution in [-0.2, 0) is 16.0 Å². The van der Waals surface area contributed by atoms with Crippen LogP contribution in [0.1, 0.15) is 22.3 Å². The highest BCUT2D eigenvalue weighted by Gasteiger charge is 2.20. The maximum absolute atomic E-state index is 12.7. The lowest BCUT2D eigenvalue weighted by Crippen LogP contribution is -2.35. The molecule has 30 heavy (non-hydrogen) atoms. The van der Waals surface area contributed by atoms with E-state index in [1.165, 1.54) is 12.0 Å². The molecule has 0 radical (unpaired) electrons. The minimum absolute atomic E-state index is 0. The maximum Gasteiger partial charge on any atom is 0.253 e. The van der Waals surface area contributed by atoms with Gasteiger partial charge in [0.05, 0.1) is 30.9 Å². The van der Waals surface area contributed by atoms with Gasteiger partial charge in [-0.1, -0.05) is 24.3 Å². The maximum atomic E-state index is 12.7. The molecule has 7 nitrogen and oxygen atoms in total. The summed E-state index contributed by atoms with van der Waals surface area (Å²) in [7, 11) is 4.80. The molecule has 1 unspecified atom stereocenters. The van der Waals surface area contributed by atoms with Gasteiger partial charge in [-0.3, -0.25) is 9.59 Å². The minimum atomic E-state index is -0.351. The monoisotopic (exact) mass is 435 g/mol. The molecule has 2 aromatic carbocycles. The number of nitrogens with zero attached hydrogens (tertiary/aromatic N) is 1. The van der Waals surface area contributed by atoms with Gasteiger partial charge in [0.25, 0.3) is 5.91 Å². The van der Waals surface area contributed by atoms with Crippen molar-refractivity contribution in [3.05, 3.63) is 59.7 Å². The predicted octanol–water partition coefficient (Wildman–Crippen LogP) is 2.42. The van der Waals surface area contributed by atoms with Crippen LogP contribution in [0.4, 0.5) is 5.69 Å². The molecule has 0 bridgehead atoms. The highest BCUT2D eigenvalue weighted by atomic mass is 35.5. The Labute approximate surface area is 183 Å². The summed E-state index contributed by atoms with van der Waals surface area (Å²) in [6.45, 7) is 0.736. The molecule has 0 fully saturated rings. The van der Waals surface area contributed by atoms with Crippen molar-refractivity contribution in [3.8, 4) is 5.75 Å². The molecule has 0 saturated carbocycles. The van der Waals surface area contributed by atoms with Gasteiger partial charge in [0.15, 0.2) is 0 Å². The molecule has 0 aliphatic carbocycles. The van der Waals surface area contributed by atoms with E-state index in [1.54, 1.807) is 38.4 Å². The predicted molar refractivity (Wildman–Crippen MR) is 121 cm³/mol. The molecule has 0 spiro atoms. The first-order valence-corrected chi connectivity index (χ1v) is 9.49. The van der Waals surface area contributed by atoms with Gasteiger partial charge in [-0.15, -0.1) is 12.4 Å². The van der Waals surface area contributed by atoms with Crippen LogP contribution >= 0.6 is 12.4 Å². The number of hydrogen-bond acceptors (Lipinski definition) is 5. The minimum Gasteiger partial charge on any atom is -0.497 e. The molecule has 0 aliphatic heterocycles. The van der Waals surface area contributed by atoms with Crippen LogP contribution < -0.4 is 20.7 Å². The second-order valence-electron chi connectivity index (χ2n) is 6.62. The number of ether oxygens (including phenoxy) is 2. The number of hydrogen-bond donors (Lipinski definition) is 2. The summed E-state index contributed by atoms with van der Waals surface area (Å²) >= 11 is 0. The summed E-state index contributed by atoms with van der Waals surface area (Å²) < 4.78 is 10.3. The average Bonchev–Trinajstić information content (AvgIpc) is 2.77. The molecule has 0 aromatic heterocycles. The fourth-order valence-corrected chi connectivity index (χ4v) is 2.89. The summed E-state index contributed by atoms with van der Waals surface area (Å²) in [5, 5.41) is 2.92. The molecular formula is C22H30ClN3O4. The third kappa shape index (κ3) is 7.02. The number of amides is 2. The van der Waals surface area contributed by atoms with E-state index in [-0.39, 0.29) is 43.3 Å². The van der Waals surface area contributed by atoms with E-state index in [1.807, 2.05) is 24.3 Å². The summed E-state index contributed by atoms with van der Waals surface area (Å²) in [5.74, 6) is 0.404. The Morgan fingerprint density at radius 1 is 1.10 bits per heavy atom. The fraction of sp³-hybridized carbons (Fsp3) is 0.364. The Kier molecular flexibility index (Phi) is 10.9. The van der Waals surface area contributed by atoms with Crippen molar-refractivity contribution >= 4 is 29.9 Å². The van der Waals surface area contributed by atoms with E-state index in [9.17, 15) is 9.59 Å². The van der Waals surface area contributed by atoms with E-state index in [0.717, 1.165) is 11.3 Å². The van der Waals surface area contributed by atoms with Crippen molar-refractivity contribution in [2.75, 3.05) is 39.3 Å². The Morgan fingerprint density at radius 3 is 2.37 bits per heavy atom. The van der Waals surface area contributed by atoms with Crippen molar-refractivity contribution in [2.45, 2.75) is 18.9 Å². The highest BCUT2D eigenvalue weighted by molar-refractivity contribution is 6.04. The fourth-order valence-electron chi connectivity index (χ4n) is 2.89. The zero-order chi connectivity index (χ0) is 21.2. The molecule has 2 amide bonds. The lowest BCUT2D eigenvalue weighted by molar-refractivity contribution is -0.120. The van der Waals surface area contributed by atoms with Crippen molar-refractivity contribution < 1.29 is 19.1 Å². The van der Waals surface area contributed by atoms with E-state index in [2.05, 4.69) is 5.32 Å². The zero-order valence-corrected chi connectivity index (χ0v) is 18.4. The molecule has 1 atom stereocenters. The molecule has 3 N–H and O–H groups in total. The molecule has 164 valence electrons. The topological polar surface area (TPSA) is 93.9 Å². The van der Waals surface area contributed by atoms with Gasteiger partial charge in [0.1, 0.15) is 5.75 Å². The molecule has 8 heteroatoms. The summed E-state index contributed by atoms with van der Waals surface area (Å²) in [6.07, 6.45) is 0.491. The van der Waals surface area contributed by atoms with Crippen molar-refractivity contribution in [2.24, 2.45) is 5.73 Å². The lowest BCUT2D eigenvalue weighted by Gasteiger charge is -2.22. The molecule has 0 saturated heterocycles. The lowest BCUT2D eigenvalue weighted by atomic mass is 10.1. The summed E-state index contributed by atoms with van der Waals surface area (Å²) in [4.78, 5) is 26.7. The second-order valence-corrected chi connectivity index (χ2v) is 6.62. The van der Waals surface area contributed by atoms with Crippen molar-refractivity contribution in [1.82, 2.24) is 5.32 Å². The SMILES string of the molecule is COc1ccc(CCNC(=O)c2ccccc2N(C)C(=O)CC(CN)OC)cc1.Cl. The van der Waals surface area contributed by atoms with Gasteiger partial charge in [-0.05, 0) is 36.2 Å². The zero-order valence-electron chi connectivity index (χ0n) is 17.6. The van der Waals surface area contributed by atoms with E-state index >= 15 is 0 Å². The first-order valence-electron chi connectivity index (χ1n) is 9.49. The number of halogens is 1. The van der Waals surface area contributed by atoms with Crippen LogP contribution in [0.3, 0.4) is 0 Å². The van der Waals surface area contributed by atoms with Crippen molar-refractivity contribution in [3.63, 3.8) is 0 Å². The summed E-state index contributed by atoms with van der Waals surface area (Å²) in [5.41, 5.74) is 7.69. The molecule has 0 heterocycles. The third-order valence-corrected chi connectivity index (χ3v) is 4.74. The van der Waals surface area contributed by atoms with E-state index in [0.29, 0.717) is 24.2 Å². The number of methoxy groups -OCH3 is 2. The Morgan fingerprint density at radius 2 is 1.77 bits per heavy atom. The van der Waals surface area contributed by atoms with Gasteiger partial charge < -0.3 is 25.4 Å². The van der Waals surface area contributed by atoms with Crippen LogP contribution in [0.15, 0.2) is 48.5 Å². The third-order valence-electron chi connectivity index (χ3n) is 4.74. The van der Waals surface area contributed by atoms with Crippen LogP contribution in [0, 0.1) is 0 Å². The standard InChI is InChI=1S/C22H29N3O4.ClH/c1-25(21(26)14-18(15-23)29-3)20-7-5-4-6-19(20)22(27)24-13-12-16-8-10-17(28-2)11-9-16;/h4-11,18H,12-15,23H2,1-3H3,(H,24,27);1H. The van der Waals surface area contributed by atoms with Gasteiger partial charge in [0.2, 0.25) is 5.91 Å². The highest BCUT2D eigenvalue weighted by Crippen LogP contribution is 2.20. The number of carbonyl (C=O) groups is 2. The number of nitrogens with one attached hydrogen (secondary N) is 1. The Bertz CT molecular complexity index is 810. The van der Waals surface area contributed by atoms with Crippen LogP contribution in [-0.4, -0.2) is 52.3 Å². The van der Waals surface area contributed by atoms with E-state index < -0.39 is 0 Å². The number of rotatable bonds is 10. The smallest absolute Gasteiger partial charge is 0.253 e. The first kappa shape index (κ1) is 25.4. The number of para-hydroxylation sites is 1. The number of nitrogens with two attached hydrogens (primary N) is 1. The quantitative estimate of drug-likeness (QED) is 0.597. The second kappa shape index (κ2) is 12.8. The van der Waals surface area contributed by atoms with Gasteiger partial charge in [0, 0.05) is 27.2 Å². The molecule has 0 aliphatic rings. The molecule has 2 rings (SSSR count). The first-order chi connectivity index (χ1) is 14.0. The van der Waals surface area contributed by atoms with Crippen LogP contribution in [0.5, 0.6) is 5.75 Å². The van der Waals surface area contributed by atoms with Gasteiger partial charge >= 0.3 is 0 Å². The number of carbonyl (C=O) groups excluding carboxylic acids is 2. The molecular weight excluding hydrogens is 406 g/mol. The molecule has 2 aromatic rings.